The summed E-state index contributed by atoms with van der Waals surface area (Å²) in [6.45, 7) is 0. The van der Waals surface area contributed by atoms with Gasteiger partial charge in [-0.05, 0) is 12.1 Å². The summed E-state index contributed by atoms with van der Waals surface area (Å²) in [5.74, 6) is -2.04. The summed E-state index contributed by atoms with van der Waals surface area (Å²) in [6, 6.07) is 4.18. The molecule has 1 atom stereocenters. The van der Waals surface area contributed by atoms with Crippen LogP contribution in [0.5, 0.6) is 0 Å². The van der Waals surface area contributed by atoms with Crippen molar-refractivity contribution in [2.45, 2.75) is 17.4 Å². The van der Waals surface area contributed by atoms with Crippen LogP contribution in [0.15, 0.2) is 29.2 Å². The van der Waals surface area contributed by atoms with E-state index in [1.54, 1.807) is 0 Å². The summed E-state index contributed by atoms with van der Waals surface area (Å²) in [5.41, 5.74) is 5.31. The van der Waals surface area contributed by atoms with E-state index in [4.69, 9.17) is 16.0 Å². The molecule has 104 valence electrons. The smallest absolute Gasteiger partial charge is 0.305 e. The molecule has 9 heteroatoms. The zero-order valence-corrected chi connectivity index (χ0v) is 10.6. The van der Waals surface area contributed by atoms with Crippen LogP contribution in [-0.4, -0.2) is 31.4 Å². The molecule has 0 heterocycles. The van der Waals surface area contributed by atoms with Crippen LogP contribution in [0.3, 0.4) is 0 Å². The molecule has 0 aliphatic heterocycles. The minimum atomic E-state index is -4.00. The number of benzene rings is 1. The Morgan fingerprint density at radius 2 is 1.89 bits per heavy atom. The van der Waals surface area contributed by atoms with Gasteiger partial charge in [-0.25, -0.2) is 13.6 Å². The molecule has 0 aromatic heterocycles. The van der Waals surface area contributed by atoms with Crippen molar-refractivity contribution in [2.75, 3.05) is 5.32 Å². The first-order valence-corrected chi connectivity index (χ1v) is 6.66. The van der Waals surface area contributed by atoms with E-state index < -0.39 is 34.4 Å². The van der Waals surface area contributed by atoms with Crippen LogP contribution in [0.1, 0.15) is 6.42 Å². The zero-order chi connectivity index (χ0) is 14.6. The second kappa shape index (κ2) is 5.78. The van der Waals surface area contributed by atoms with E-state index in [1.165, 1.54) is 24.3 Å². The van der Waals surface area contributed by atoms with Crippen molar-refractivity contribution in [2.24, 2.45) is 10.9 Å². The van der Waals surface area contributed by atoms with E-state index in [2.05, 4.69) is 5.32 Å². The van der Waals surface area contributed by atoms with Gasteiger partial charge in [0.15, 0.2) is 0 Å². The first-order chi connectivity index (χ1) is 8.71. The van der Waals surface area contributed by atoms with Crippen LogP contribution >= 0.6 is 0 Å². The largest absolute Gasteiger partial charge is 0.481 e. The van der Waals surface area contributed by atoms with Gasteiger partial charge in [0, 0.05) is 0 Å². The average Bonchev–Trinajstić information content (AvgIpc) is 2.27. The van der Waals surface area contributed by atoms with E-state index in [9.17, 15) is 18.0 Å². The second-order valence-corrected chi connectivity index (χ2v) is 5.26. The van der Waals surface area contributed by atoms with Gasteiger partial charge >= 0.3 is 5.97 Å². The molecule has 0 aliphatic rings. The third kappa shape index (κ3) is 4.32. The number of hydrogen-bond donors (Lipinski definition) is 4. The Morgan fingerprint density at radius 1 is 1.32 bits per heavy atom. The van der Waals surface area contributed by atoms with Crippen molar-refractivity contribution >= 4 is 27.6 Å². The van der Waals surface area contributed by atoms with Crippen molar-refractivity contribution in [3.05, 3.63) is 24.3 Å². The normalized spacial score (nSPS) is 12.7. The number of carboxylic acid groups (broad SMARTS) is 1. The van der Waals surface area contributed by atoms with E-state index in [-0.39, 0.29) is 10.6 Å². The SMILES string of the molecule is NC(CC(=O)O)C(=O)Nc1ccccc1S(N)(=O)=O. The van der Waals surface area contributed by atoms with Gasteiger partial charge in [0.25, 0.3) is 0 Å². The van der Waals surface area contributed by atoms with Crippen LogP contribution in [0.4, 0.5) is 5.69 Å². The lowest BCUT2D eigenvalue weighted by Gasteiger charge is -2.12. The van der Waals surface area contributed by atoms with Gasteiger partial charge in [0.1, 0.15) is 4.90 Å². The van der Waals surface area contributed by atoms with Gasteiger partial charge in [-0.2, -0.15) is 0 Å². The highest BCUT2D eigenvalue weighted by Gasteiger charge is 2.20. The number of sulfonamides is 1. The lowest BCUT2D eigenvalue weighted by atomic mass is 10.2. The monoisotopic (exact) mass is 287 g/mol. The van der Waals surface area contributed by atoms with Crippen LogP contribution in [0.25, 0.3) is 0 Å². The molecule has 1 rings (SSSR count). The number of nitrogens with one attached hydrogen (secondary N) is 1. The third-order valence-corrected chi connectivity index (χ3v) is 3.15. The molecular weight excluding hydrogens is 274 g/mol. The minimum Gasteiger partial charge on any atom is -0.481 e. The molecule has 0 fully saturated rings. The molecule has 0 radical (unpaired) electrons. The molecule has 1 amide bonds. The van der Waals surface area contributed by atoms with Crippen LogP contribution in [-0.2, 0) is 19.6 Å². The highest BCUT2D eigenvalue weighted by atomic mass is 32.2. The summed E-state index contributed by atoms with van der Waals surface area (Å²) in [6.07, 6.45) is -0.566. The third-order valence-electron chi connectivity index (χ3n) is 2.18. The molecule has 0 spiro atoms. The lowest BCUT2D eigenvalue weighted by Crippen LogP contribution is -2.37. The summed E-state index contributed by atoms with van der Waals surface area (Å²) < 4.78 is 22.6. The standard InChI is InChI=1S/C10H13N3O5S/c11-6(5-9(14)15)10(16)13-7-3-1-2-4-8(7)19(12,17)18/h1-4,6H,5,11H2,(H,13,16)(H,14,15)(H2,12,17,18). The number of primary sulfonamides is 1. The van der Waals surface area contributed by atoms with Crippen molar-refractivity contribution in [3.63, 3.8) is 0 Å². The van der Waals surface area contributed by atoms with Crippen LogP contribution in [0.2, 0.25) is 0 Å². The molecule has 1 unspecified atom stereocenters. The van der Waals surface area contributed by atoms with Crippen molar-refractivity contribution in [1.82, 2.24) is 0 Å². The number of hydrogen-bond acceptors (Lipinski definition) is 5. The number of aliphatic carboxylic acids is 1. The number of anilines is 1. The van der Waals surface area contributed by atoms with Gasteiger partial charge in [0.2, 0.25) is 15.9 Å². The van der Waals surface area contributed by atoms with Crippen molar-refractivity contribution in [3.8, 4) is 0 Å². The van der Waals surface area contributed by atoms with Crippen molar-refractivity contribution in [1.29, 1.82) is 0 Å². The minimum absolute atomic E-state index is 0.0455. The lowest BCUT2D eigenvalue weighted by molar-refractivity contribution is -0.138. The summed E-state index contributed by atoms with van der Waals surface area (Å²) in [4.78, 5) is 21.7. The fourth-order valence-corrected chi connectivity index (χ4v) is 2.02. The fourth-order valence-electron chi connectivity index (χ4n) is 1.32. The molecule has 1 aromatic rings. The Hall–Kier alpha value is -1.97. The Morgan fingerprint density at radius 3 is 2.42 bits per heavy atom. The van der Waals surface area contributed by atoms with E-state index >= 15 is 0 Å². The maximum absolute atomic E-state index is 11.6. The molecular formula is C10H13N3O5S. The van der Waals surface area contributed by atoms with Gasteiger partial charge in [-0.15, -0.1) is 0 Å². The van der Waals surface area contributed by atoms with Gasteiger partial charge in [-0.1, -0.05) is 12.1 Å². The number of amides is 1. The topological polar surface area (TPSA) is 153 Å². The summed E-state index contributed by atoms with van der Waals surface area (Å²) in [7, 11) is -4.00. The maximum Gasteiger partial charge on any atom is 0.305 e. The Bertz CT molecular complexity index is 599. The zero-order valence-electron chi connectivity index (χ0n) is 9.74. The predicted octanol–water partition coefficient (Wildman–Crippen LogP) is -0.925. The molecule has 8 nitrogen and oxygen atoms in total. The van der Waals surface area contributed by atoms with E-state index in [0.29, 0.717) is 0 Å². The average molecular weight is 287 g/mol. The van der Waals surface area contributed by atoms with E-state index in [0.717, 1.165) is 0 Å². The number of para-hydroxylation sites is 1. The predicted molar refractivity (Wildman–Crippen MR) is 66.7 cm³/mol. The summed E-state index contributed by atoms with van der Waals surface area (Å²) in [5, 5.41) is 15.7. The number of nitrogens with two attached hydrogens (primary N) is 2. The quantitative estimate of drug-likeness (QED) is 0.549. The summed E-state index contributed by atoms with van der Waals surface area (Å²) >= 11 is 0. The second-order valence-electron chi connectivity index (χ2n) is 3.73. The van der Waals surface area contributed by atoms with Crippen LogP contribution < -0.4 is 16.2 Å². The molecule has 0 saturated carbocycles. The fraction of sp³-hybridized carbons (Fsp3) is 0.200. The first-order valence-electron chi connectivity index (χ1n) is 5.12. The number of carboxylic acids is 1. The Balaban J connectivity index is 2.95. The van der Waals surface area contributed by atoms with Crippen LogP contribution in [0, 0.1) is 0 Å². The molecule has 0 aliphatic carbocycles. The van der Waals surface area contributed by atoms with Gasteiger partial charge in [0.05, 0.1) is 18.2 Å². The Kier molecular flexibility index (Phi) is 4.59. The van der Waals surface area contributed by atoms with Gasteiger partial charge < -0.3 is 16.2 Å². The first kappa shape index (κ1) is 15.1. The van der Waals surface area contributed by atoms with E-state index in [1.807, 2.05) is 0 Å². The number of carbonyl (C=O) groups is 2. The molecule has 6 N–H and O–H groups in total. The van der Waals surface area contributed by atoms with Gasteiger partial charge in [-0.3, -0.25) is 9.59 Å². The Labute approximate surface area is 109 Å². The molecule has 0 saturated heterocycles. The molecule has 1 aromatic carbocycles. The highest BCUT2D eigenvalue weighted by Crippen LogP contribution is 2.19. The number of rotatable bonds is 5. The molecule has 19 heavy (non-hydrogen) atoms. The van der Waals surface area contributed by atoms with Crippen molar-refractivity contribution < 1.29 is 23.1 Å². The number of carbonyl (C=O) groups excluding carboxylic acids is 1. The molecule has 0 bridgehead atoms. The highest BCUT2D eigenvalue weighted by molar-refractivity contribution is 7.89. The maximum atomic E-state index is 11.6.